The lowest BCUT2D eigenvalue weighted by molar-refractivity contribution is 0.414. The number of ether oxygens (including phenoxy) is 1. The molecule has 7 nitrogen and oxygen atoms in total. The molecule has 0 aliphatic rings. The molecule has 0 N–H and O–H groups in total. The Kier molecular flexibility index (Phi) is 4.79. The molecular weight excluding hydrogens is 376 g/mol. The molecule has 8 heteroatoms. The standard InChI is InChI=1S/C20H15ClN6O/c1-28-16-7-5-14(6-8-16)13-26(19-4-2-3-9-23-19)17-10-18(21)25-27-15(11-22)12-24-20(17)27/h2-10,12H,13H2,1H3. The van der Waals surface area contributed by atoms with E-state index < -0.39 is 0 Å². The van der Waals surface area contributed by atoms with E-state index in [0.29, 0.717) is 23.6 Å². The van der Waals surface area contributed by atoms with Crippen LogP contribution in [0, 0.1) is 11.3 Å². The minimum atomic E-state index is 0.257. The highest BCUT2D eigenvalue weighted by atomic mass is 35.5. The van der Waals surface area contributed by atoms with Gasteiger partial charge in [-0.3, -0.25) is 0 Å². The highest BCUT2D eigenvalue weighted by molar-refractivity contribution is 6.29. The maximum atomic E-state index is 9.31. The van der Waals surface area contributed by atoms with Crippen LogP contribution in [0.25, 0.3) is 5.65 Å². The summed E-state index contributed by atoms with van der Waals surface area (Å²) in [5, 5.41) is 13.8. The van der Waals surface area contributed by atoms with Crippen molar-refractivity contribution in [1.29, 1.82) is 5.26 Å². The van der Waals surface area contributed by atoms with Gasteiger partial charge in [-0.2, -0.15) is 14.9 Å². The van der Waals surface area contributed by atoms with Crippen LogP contribution in [0.4, 0.5) is 11.5 Å². The number of hydrogen-bond donors (Lipinski definition) is 0. The van der Waals surface area contributed by atoms with Crippen molar-refractivity contribution >= 4 is 28.8 Å². The Balaban J connectivity index is 1.85. The Labute approximate surface area is 166 Å². The summed E-state index contributed by atoms with van der Waals surface area (Å²) >= 11 is 6.25. The minimum absolute atomic E-state index is 0.257. The van der Waals surface area contributed by atoms with Crippen LogP contribution in [0.3, 0.4) is 0 Å². The minimum Gasteiger partial charge on any atom is -0.497 e. The number of hydrogen-bond acceptors (Lipinski definition) is 6. The molecule has 0 atom stereocenters. The summed E-state index contributed by atoms with van der Waals surface area (Å²) in [6, 6.07) is 17.3. The van der Waals surface area contributed by atoms with Crippen LogP contribution < -0.4 is 9.64 Å². The van der Waals surface area contributed by atoms with Gasteiger partial charge in [-0.25, -0.2) is 9.97 Å². The van der Waals surface area contributed by atoms with Gasteiger partial charge in [0.1, 0.15) is 17.6 Å². The first kappa shape index (κ1) is 17.8. The van der Waals surface area contributed by atoms with Crippen LogP contribution in [0.5, 0.6) is 5.75 Å². The summed E-state index contributed by atoms with van der Waals surface area (Å²) in [6.07, 6.45) is 3.20. The zero-order valence-electron chi connectivity index (χ0n) is 15.0. The first-order chi connectivity index (χ1) is 13.7. The molecule has 1 aromatic carbocycles. The van der Waals surface area contributed by atoms with Gasteiger partial charge in [0.15, 0.2) is 16.5 Å². The van der Waals surface area contributed by atoms with E-state index in [1.807, 2.05) is 47.4 Å². The number of nitrogens with zero attached hydrogens (tertiary/aromatic N) is 6. The summed E-state index contributed by atoms with van der Waals surface area (Å²) in [5.41, 5.74) is 2.59. The van der Waals surface area contributed by atoms with E-state index in [-0.39, 0.29) is 5.15 Å². The normalized spacial score (nSPS) is 10.6. The van der Waals surface area contributed by atoms with Crippen LogP contribution in [0.15, 0.2) is 60.9 Å². The molecule has 28 heavy (non-hydrogen) atoms. The van der Waals surface area contributed by atoms with Crippen LogP contribution in [0.1, 0.15) is 11.3 Å². The number of fused-ring (bicyclic) bond motifs is 1. The molecule has 4 aromatic rings. The van der Waals surface area contributed by atoms with Crippen LogP contribution in [-0.2, 0) is 6.54 Å². The summed E-state index contributed by atoms with van der Waals surface area (Å²) in [5.74, 6) is 1.51. The summed E-state index contributed by atoms with van der Waals surface area (Å²) in [6.45, 7) is 0.520. The zero-order chi connectivity index (χ0) is 19.5. The van der Waals surface area contributed by atoms with Crippen molar-refractivity contribution in [3.63, 3.8) is 0 Å². The molecule has 0 unspecified atom stereocenters. The lowest BCUT2D eigenvalue weighted by atomic mass is 10.2. The molecule has 3 heterocycles. The van der Waals surface area contributed by atoms with Gasteiger partial charge in [0, 0.05) is 18.8 Å². The fraction of sp³-hybridized carbons (Fsp3) is 0.100. The number of anilines is 2. The second-order valence-corrected chi connectivity index (χ2v) is 6.35. The molecular formula is C20H15ClN6O. The van der Waals surface area contributed by atoms with Gasteiger partial charge in [0.05, 0.1) is 19.0 Å². The van der Waals surface area contributed by atoms with E-state index >= 15 is 0 Å². The molecule has 0 aliphatic heterocycles. The first-order valence-electron chi connectivity index (χ1n) is 8.45. The van der Waals surface area contributed by atoms with Gasteiger partial charge in [0.2, 0.25) is 0 Å². The van der Waals surface area contributed by atoms with Crippen LogP contribution >= 0.6 is 11.6 Å². The summed E-state index contributed by atoms with van der Waals surface area (Å²) in [4.78, 5) is 10.8. The molecule has 0 spiro atoms. The van der Waals surface area contributed by atoms with Crippen LogP contribution in [0.2, 0.25) is 5.15 Å². The molecule has 3 aromatic heterocycles. The van der Waals surface area contributed by atoms with E-state index in [1.54, 1.807) is 19.4 Å². The fourth-order valence-corrected chi connectivity index (χ4v) is 3.09. The second kappa shape index (κ2) is 7.55. The molecule has 0 radical (unpaired) electrons. The van der Waals surface area contributed by atoms with Gasteiger partial charge in [-0.1, -0.05) is 29.8 Å². The highest BCUT2D eigenvalue weighted by Gasteiger charge is 2.19. The van der Waals surface area contributed by atoms with Crippen molar-refractivity contribution in [2.24, 2.45) is 0 Å². The SMILES string of the molecule is COc1ccc(CN(c2ccccn2)c2cc(Cl)nn3c(C#N)cnc23)cc1. The third-order valence-electron chi connectivity index (χ3n) is 4.25. The predicted octanol–water partition coefficient (Wildman–Crippen LogP) is 4.00. The topological polar surface area (TPSA) is 79.3 Å². The van der Waals surface area contributed by atoms with Crippen molar-refractivity contribution in [3.05, 3.63) is 77.3 Å². The zero-order valence-corrected chi connectivity index (χ0v) is 15.7. The number of imidazole rings is 1. The van der Waals surface area contributed by atoms with E-state index in [0.717, 1.165) is 17.1 Å². The number of rotatable bonds is 5. The fourth-order valence-electron chi connectivity index (χ4n) is 2.91. The van der Waals surface area contributed by atoms with Gasteiger partial charge < -0.3 is 9.64 Å². The quantitative estimate of drug-likeness (QED) is 0.512. The van der Waals surface area contributed by atoms with Crippen molar-refractivity contribution in [2.75, 3.05) is 12.0 Å². The lowest BCUT2D eigenvalue weighted by Gasteiger charge is -2.24. The average Bonchev–Trinajstić information content (AvgIpc) is 3.15. The molecule has 4 rings (SSSR count). The van der Waals surface area contributed by atoms with E-state index in [1.165, 1.54) is 10.7 Å². The van der Waals surface area contributed by atoms with Gasteiger partial charge in [-0.05, 0) is 29.8 Å². The number of methoxy groups -OCH3 is 1. The number of nitriles is 1. The number of aromatic nitrogens is 4. The molecule has 0 fully saturated rings. The van der Waals surface area contributed by atoms with Crippen molar-refractivity contribution in [1.82, 2.24) is 19.6 Å². The largest absolute Gasteiger partial charge is 0.497 e. The summed E-state index contributed by atoms with van der Waals surface area (Å²) < 4.78 is 6.68. The third-order valence-corrected chi connectivity index (χ3v) is 4.43. The Morgan fingerprint density at radius 1 is 1.18 bits per heavy atom. The van der Waals surface area contributed by atoms with Crippen molar-refractivity contribution in [2.45, 2.75) is 6.54 Å². The third kappa shape index (κ3) is 3.33. The summed E-state index contributed by atoms with van der Waals surface area (Å²) in [7, 11) is 1.63. The van der Waals surface area contributed by atoms with E-state index in [4.69, 9.17) is 16.3 Å². The Morgan fingerprint density at radius 2 is 2.00 bits per heavy atom. The van der Waals surface area contributed by atoms with Gasteiger partial charge >= 0.3 is 0 Å². The molecule has 0 saturated heterocycles. The molecule has 138 valence electrons. The molecule has 0 saturated carbocycles. The van der Waals surface area contributed by atoms with Gasteiger partial charge in [-0.15, -0.1) is 0 Å². The Morgan fingerprint density at radius 3 is 2.68 bits per heavy atom. The number of halogens is 1. The number of benzene rings is 1. The molecule has 0 bridgehead atoms. The average molecular weight is 391 g/mol. The smallest absolute Gasteiger partial charge is 0.179 e. The van der Waals surface area contributed by atoms with E-state index in [2.05, 4.69) is 21.1 Å². The van der Waals surface area contributed by atoms with Crippen molar-refractivity contribution in [3.8, 4) is 11.8 Å². The van der Waals surface area contributed by atoms with E-state index in [9.17, 15) is 5.26 Å². The lowest BCUT2D eigenvalue weighted by Crippen LogP contribution is -2.19. The highest BCUT2D eigenvalue weighted by Crippen LogP contribution is 2.31. The Bertz CT molecular complexity index is 1150. The van der Waals surface area contributed by atoms with Gasteiger partial charge in [0.25, 0.3) is 0 Å². The maximum Gasteiger partial charge on any atom is 0.179 e. The first-order valence-corrected chi connectivity index (χ1v) is 8.83. The Hall–Kier alpha value is -3.63. The monoisotopic (exact) mass is 390 g/mol. The maximum absolute atomic E-state index is 9.31. The second-order valence-electron chi connectivity index (χ2n) is 5.97. The molecule has 0 amide bonds. The number of pyridine rings is 1. The van der Waals surface area contributed by atoms with Crippen molar-refractivity contribution < 1.29 is 4.74 Å². The van der Waals surface area contributed by atoms with Crippen LogP contribution in [-0.4, -0.2) is 26.7 Å². The predicted molar refractivity (Wildman–Crippen MR) is 106 cm³/mol. The molecule has 0 aliphatic carbocycles.